The van der Waals surface area contributed by atoms with Crippen molar-refractivity contribution in [2.24, 2.45) is 0 Å². The number of hydrogen-bond acceptors (Lipinski definition) is 8. The molecule has 0 atom stereocenters. The molecule has 0 bridgehead atoms. The van der Waals surface area contributed by atoms with Crippen LogP contribution in [0.15, 0.2) is 0 Å². The molecule has 0 saturated heterocycles. The molecule has 0 aromatic rings. The van der Waals surface area contributed by atoms with Gasteiger partial charge in [-0.05, 0) is 12.8 Å². The molecule has 214 valence electrons. The summed E-state index contributed by atoms with van der Waals surface area (Å²) >= 11 is 0. The fourth-order valence-corrected chi connectivity index (χ4v) is 5.98. The number of unbranched alkanes of at least 4 members (excludes halogenated alkanes) is 14. The van der Waals surface area contributed by atoms with Crippen molar-refractivity contribution in [3.63, 3.8) is 0 Å². The molecule has 36 heavy (non-hydrogen) atoms. The second-order valence-electron chi connectivity index (χ2n) is 9.19. The van der Waals surface area contributed by atoms with Crippen molar-refractivity contribution < 1.29 is 45.0 Å². The van der Waals surface area contributed by atoms with Crippen LogP contribution in [-0.2, 0) is 39.3 Å². The van der Waals surface area contributed by atoms with Crippen molar-refractivity contribution in [2.45, 2.75) is 127 Å². The highest BCUT2D eigenvalue weighted by Crippen LogP contribution is 2.30. The van der Waals surface area contributed by atoms with Crippen molar-refractivity contribution in [1.82, 2.24) is 0 Å². The Morgan fingerprint density at radius 1 is 0.583 bits per heavy atom. The van der Waals surface area contributed by atoms with Crippen LogP contribution in [0.25, 0.3) is 0 Å². The summed E-state index contributed by atoms with van der Waals surface area (Å²) in [7, 11) is -11.6. The third-order valence-corrected chi connectivity index (χ3v) is 9.57. The lowest BCUT2D eigenvalue weighted by Crippen LogP contribution is -2.55. The lowest BCUT2D eigenvalue weighted by molar-refractivity contribution is -0.151. The Morgan fingerprint density at radius 3 is 1.28 bits per heavy atom. The number of rotatable bonds is 23. The second kappa shape index (κ2) is 18.9. The molecule has 0 fully saturated rings. The molecule has 0 unspecified atom stereocenters. The summed E-state index contributed by atoms with van der Waals surface area (Å²) in [6.45, 7) is 3.80. The molecule has 0 radical (unpaired) electrons. The van der Waals surface area contributed by atoms with E-state index in [0.717, 1.165) is 77.0 Å². The predicted molar refractivity (Wildman–Crippen MR) is 138 cm³/mol. The van der Waals surface area contributed by atoms with Gasteiger partial charge in [0.25, 0.3) is 20.2 Å². The van der Waals surface area contributed by atoms with Gasteiger partial charge < -0.3 is 9.47 Å². The van der Waals surface area contributed by atoms with E-state index < -0.39 is 42.7 Å². The number of hydrogen-bond donors (Lipinski definition) is 2. The zero-order chi connectivity index (χ0) is 27.5. The van der Waals surface area contributed by atoms with Crippen molar-refractivity contribution in [3.8, 4) is 0 Å². The summed E-state index contributed by atoms with van der Waals surface area (Å²) in [5, 5.41) is 0. The molecule has 0 aromatic heterocycles. The Balaban J connectivity index is 4.81. The van der Waals surface area contributed by atoms with Gasteiger partial charge in [0.1, 0.15) is 0 Å². The zero-order valence-electron chi connectivity index (χ0n) is 21.9. The van der Waals surface area contributed by atoms with Gasteiger partial charge in [0, 0.05) is 0 Å². The highest BCUT2D eigenvalue weighted by Gasteiger charge is 2.64. The van der Waals surface area contributed by atoms with Gasteiger partial charge in [0.15, 0.2) is 0 Å². The van der Waals surface area contributed by atoms with Gasteiger partial charge in [-0.3, -0.25) is 13.9 Å². The molecule has 0 amide bonds. The van der Waals surface area contributed by atoms with E-state index in [1.165, 1.54) is 6.42 Å². The summed E-state index contributed by atoms with van der Waals surface area (Å²) in [6.07, 6.45) is 13.5. The molecule has 0 heterocycles. The molecule has 0 aliphatic rings. The fourth-order valence-electron chi connectivity index (χ4n) is 3.77. The van der Waals surface area contributed by atoms with Gasteiger partial charge in [0.2, 0.25) is 0 Å². The standard InChI is InChI=1S/C24H46O10S2/c1-3-5-7-9-11-13-15-17-19-33-22(25)21-24(35(27,28)29,36(30,31)32)23(26)34-20-18-16-14-12-10-8-6-4-2/h3-21H2,1-2H3,(H,27,28,29)(H,30,31,32). The van der Waals surface area contributed by atoms with Crippen LogP contribution in [0.2, 0.25) is 0 Å². The van der Waals surface area contributed by atoms with Crippen LogP contribution < -0.4 is 0 Å². The van der Waals surface area contributed by atoms with E-state index in [4.69, 9.17) is 9.47 Å². The monoisotopic (exact) mass is 558 g/mol. The Hall–Kier alpha value is -1.24. The average molecular weight is 559 g/mol. The number of carbonyl (C=O) groups excluding carboxylic acids is 2. The Morgan fingerprint density at radius 2 is 0.917 bits per heavy atom. The van der Waals surface area contributed by atoms with Crippen LogP contribution in [0.3, 0.4) is 0 Å². The summed E-state index contributed by atoms with van der Waals surface area (Å²) in [6, 6.07) is 0. The average Bonchev–Trinajstić information content (AvgIpc) is 2.78. The molecular formula is C24H46O10S2. The van der Waals surface area contributed by atoms with Gasteiger partial charge >= 0.3 is 16.0 Å². The van der Waals surface area contributed by atoms with E-state index in [2.05, 4.69) is 13.8 Å². The molecule has 0 aromatic carbocycles. The quantitative estimate of drug-likeness (QED) is 0.0966. The second-order valence-corrected chi connectivity index (χ2v) is 12.7. The molecule has 2 N–H and O–H groups in total. The first kappa shape index (κ1) is 34.8. The lowest BCUT2D eigenvalue weighted by Gasteiger charge is -2.24. The molecule has 0 aliphatic heterocycles. The van der Waals surface area contributed by atoms with Crippen LogP contribution in [0.4, 0.5) is 0 Å². The first-order chi connectivity index (χ1) is 16.9. The maximum Gasteiger partial charge on any atom is 0.349 e. The molecule has 0 aliphatic carbocycles. The topological polar surface area (TPSA) is 161 Å². The minimum atomic E-state index is -5.80. The van der Waals surface area contributed by atoms with Crippen molar-refractivity contribution in [1.29, 1.82) is 0 Å². The first-order valence-electron chi connectivity index (χ1n) is 13.2. The SMILES string of the molecule is CCCCCCCCCCOC(=O)CC(C(=O)OCCCCCCCCCC)(S(=O)(=O)O)S(=O)(=O)O. The first-order valence-corrected chi connectivity index (χ1v) is 16.1. The van der Waals surface area contributed by atoms with E-state index in [9.17, 15) is 35.5 Å². The van der Waals surface area contributed by atoms with Crippen LogP contribution in [0, 0.1) is 0 Å². The largest absolute Gasteiger partial charge is 0.466 e. The number of ether oxygens (including phenoxy) is 2. The van der Waals surface area contributed by atoms with Gasteiger partial charge in [-0.25, -0.2) is 4.79 Å². The highest BCUT2D eigenvalue weighted by molar-refractivity contribution is 8.06. The van der Waals surface area contributed by atoms with E-state index >= 15 is 0 Å². The zero-order valence-corrected chi connectivity index (χ0v) is 23.5. The lowest BCUT2D eigenvalue weighted by atomic mass is 10.1. The van der Waals surface area contributed by atoms with Crippen LogP contribution in [-0.4, -0.2) is 55.2 Å². The smallest absolute Gasteiger partial charge is 0.349 e. The Kier molecular flexibility index (Phi) is 18.3. The maximum atomic E-state index is 12.5. The highest BCUT2D eigenvalue weighted by atomic mass is 32.3. The van der Waals surface area contributed by atoms with E-state index in [1.807, 2.05) is 0 Å². The molecular weight excluding hydrogens is 512 g/mol. The van der Waals surface area contributed by atoms with Gasteiger partial charge in [-0.1, -0.05) is 104 Å². The van der Waals surface area contributed by atoms with Crippen LogP contribution in [0.1, 0.15) is 123 Å². The van der Waals surface area contributed by atoms with Gasteiger partial charge in [-0.2, -0.15) is 16.8 Å². The molecule has 12 heteroatoms. The number of esters is 2. The minimum Gasteiger partial charge on any atom is -0.466 e. The molecule has 0 rings (SSSR count). The Bertz CT molecular complexity index is 790. The van der Waals surface area contributed by atoms with Crippen LogP contribution in [0.5, 0.6) is 0 Å². The normalized spacial score (nSPS) is 12.4. The Labute approximate surface area is 217 Å². The van der Waals surface area contributed by atoms with Crippen molar-refractivity contribution in [2.75, 3.05) is 13.2 Å². The third kappa shape index (κ3) is 13.3. The van der Waals surface area contributed by atoms with E-state index in [-0.39, 0.29) is 13.2 Å². The van der Waals surface area contributed by atoms with Gasteiger partial charge in [-0.15, -0.1) is 0 Å². The fraction of sp³-hybridized carbons (Fsp3) is 0.917. The van der Waals surface area contributed by atoms with E-state index in [1.54, 1.807) is 0 Å². The molecule has 10 nitrogen and oxygen atoms in total. The summed E-state index contributed by atoms with van der Waals surface area (Å²) in [4.78, 5) is 24.7. The maximum absolute atomic E-state index is 12.5. The summed E-state index contributed by atoms with van der Waals surface area (Å²) in [5.74, 6) is -3.29. The van der Waals surface area contributed by atoms with Crippen molar-refractivity contribution >= 4 is 32.2 Å². The molecule has 0 spiro atoms. The third-order valence-electron chi connectivity index (χ3n) is 6.01. The van der Waals surface area contributed by atoms with E-state index in [0.29, 0.717) is 19.3 Å². The predicted octanol–water partition coefficient (Wildman–Crippen LogP) is 5.22. The summed E-state index contributed by atoms with van der Waals surface area (Å²) in [5.41, 5.74) is 0. The van der Waals surface area contributed by atoms with Gasteiger partial charge in [0.05, 0.1) is 19.6 Å². The van der Waals surface area contributed by atoms with Crippen LogP contribution >= 0.6 is 0 Å². The molecule has 0 saturated carbocycles. The summed E-state index contributed by atoms with van der Waals surface area (Å²) < 4.78 is 72.8. The van der Waals surface area contributed by atoms with Crippen molar-refractivity contribution in [3.05, 3.63) is 0 Å². The number of carbonyl (C=O) groups is 2. The minimum absolute atomic E-state index is 0.117.